The quantitative estimate of drug-likeness (QED) is 0.528. The van der Waals surface area contributed by atoms with Crippen LogP contribution in [-0.2, 0) is 10.0 Å². The first-order chi connectivity index (χ1) is 8.91. The minimum atomic E-state index is -3.10. The Bertz CT molecular complexity index is 301. The molecule has 0 aromatic heterocycles. The van der Waals surface area contributed by atoms with Crippen molar-refractivity contribution in [1.82, 2.24) is 14.9 Å². The second-order valence-corrected chi connectivity index (χ2v) is 6.98. The number of likely N-dealkylation sites (N-methyl/N-ethyl adjacent to an activating group) is 1. The molecule has 0 atom stereocenters. The van der Waals surface area contributed by atoms with E-state index in [1.54, 1.807) is 0 Å². The van der Waals surface area contributed by atoms with Gasteiger partial charge in [-0.25, -0.2) is 13.1 Å². The fraction of sp³-hybridized carbons (Fsp3) is 1.00. The minimum absolute atomic E-state index is 0.227. The number of sulfonamides is 1. The van der Waals surface area contributed by atoms with Crippen molar-refractivity contribution in [2.24, 2.45) is 0 Å². The maximum absolute atomic E-state index is 11.7. The van der Waals surface area contributed by atoms with E-state index in [0.717, 1.165) is 32.6 Å². The molecule has 0 fully saturated rings. The summed E-state index contributed by atoms with van der Waals surface area (Å²) >= 11 is 0. The number of unbranched alkanes of at least 4 members (excludes halogenated alkanes) is 1. The van der Waals surface area contributed by atoms with Crippen molar-refractivity contribution in [2.75, 3.05) is 38.5 Å². The van der Waals surface area contributed by atoms with Crippen molar-refractivity contribution in [2.45, 2.75) is 46.6 Å². The predicted molar refractivity (Wildman–Crippen MR) is 82.0 cm³/mol. The number of nitrogens with zero attached hydrogens (tertiary/aromatic N) is 1. The molecule has 19 heavy (non-hydrogen) atoms. The van der Waals surface area contributed by atoms with Gasteiger partial charge in [-0.15, -0.1) is 0 Å². The number of hydrogen-bond donors (Lipinski definition) is 2. The summed E-state index contributed by atoms with van der Waals surface area (Å²) in [5.74, 6) is 0.227. The summed E-state index contributed by atoms with van der Waals surface area (Å²) in [5, 5.41) is 3.28. The molecule has 0 bridgehead atoms. The average molecular weight is 293 g/mol. The Kier molecular flexibility index (Phi) is 10.5. The van der Waals surface area contributed by atoms with Crippen LogP contribution in [0, 0.1) is 0 Å². The van der Waals surface area contributed by atoms with Crippen LogP contribution in [0.25, 0.3) is 0 Å². The van der Waals surface area contributed by atoms with Crippen LogP contribution in [0.2, 0.25) is 0 Å². The highest BCUT2D eigenvalue weighted by molar-refractivity contribution is 7.89. The Balaban J connectivity index is 3.69. The number of hydrogen-bond acceptors (Lipinski definition) is 4. The van der Waals surface area contributed by atoms with Crippen LogP contribution in [-0.4, -0.2) is 57.8 Å². The first kappa shape index (κ1) is 18.8. The zero-order valence-corrected chi connectivity index (χ0v) is 13.7. The Hall–Kier alpha value is -0.170. The molecule has 0 unspecified atom stereocenters. The summed E-state index contributed by atoms with van der Waals surface area (Å²) < 4.78 is 26.1. The second kappa shape index (κ2) is 10.6. The van der Waals surface area contributed by atoms with Gasteiger partial charge in [0.15, 0.2) is 0 Å². The van der Waals surface area contributed by atoms with Gasteiger partial charge in [-0.1, -0.05) is 27.7 Å². The Morgan fingerprint density at radius 2 is 1.68 bits per heavy atom. The molecule has 0 aliphatic carbocycles. The van der Waals surface area contributed by atoms with E-state index in [0.29, 0.717) is 19.0 Å². The molecule has 0 rings (SSSR count). The van der Waals surface area contributed by atoms with Crippen molar-refractivity contribution in [3.63, 3.8) is 0 Å². The molecule has 0 radical (unpaired) electrons. The summed E-state index contributed by atoms with van der Waals surface area (Å²) in [4.78, 5) is 2.20. The maximum Gasteiger partial charge on any atom is 0.211 e. The normalized spacial score (nSPS) is 12.5. The molecule has 2 N–H and O–H groups in total. The van der Waals surface area contributed by atoms with E-state index in [2.05, 4.69) is 42.6 Å². The molecule has 0 saturated carbocycles. The third kappa shape index (κ3) is 11.4. The summed E-state index contributed by atoms with van der Waals surface area (Å²) in [6, 6.07) is 0.462. The summed E-state index contributed by atoms with van der Waals surface area (Å²) in [5.41, 5.74) is 0. The monoisotopic (exact) mass is 293 g/mol. The molecular weight excluding hydrogens is 262 g/mol. The fourth-order valence-corrected chi connectivity index (χ4v) is 2.91. The highest BCUT2D eigenvalue weighted by atomic mass is 32.2. The Morgan fingerprint density at radius 1 is 1.05 bits per heavy atom. The molecule has 0 aromatic carbocycles. The van der Waals surface area contributed by atoms with Crippen molar-refractivity contribution in [1.29, 1.82) is 0 Å². The molecule has 116 valence electrons. The zero-order valence-electron chi connectivity index (χ0n) is 12.9. The number of nitrogens with one attached hydrogen (secondary N) is 2. The van der Waals surface area contributed by atoms with E-state index in [9.17, 15) is 8.42 Å². The smallest absolute Gasteiger partial charge is 0.211 e. The van der Waals surface area contributed by atoms with Crippen molar-refractivity contribution in [3.8, 4) is 0 Å². The Labute approximate surface area is 119 Å². The van der Waals surface area contributed by atoms with E-state index in [4.69, 9.17) is 0 Å². The van der Waals surface area contributed by atoms with Gasteiger partial charge >= 0.3 is 0 Å². The first-order valence-corrected chi connectivity index (χ1v) is 8.99. The van der Waals surface area contributed by atoms with Crippen LogP contribution in [0.1, 0.15) is 40.5 Å². The van der Waals surface area contributed by atoms with Gasteiger partial charge in [0.2, 0.25) is 10.0 Å². The topological polar surface area (TPSA) is 61.4 Å². The molecule has 0 amide bonds. The zero-order chi connectivity index (χ0) is 14.7. The fourth-order valence-electron chi connectivity index (χ4n) is 1.78. The lowest BCUT2D eigenvalue weighted by molar-refractivity contribution is 0.309. The van der Waals surface area contributed by atoms with Crippen LogP contribution in [0.15, 0.2) is 0 Å². The molecule has 0 saturated heterocycles. The van der Waals surface area contributed by atoms with Gasteiger partial charge in [-0.05, 0) is 32.5 Å². The van der Waals surface area contributed by atoms with E-state index >= 15 is 0 Å². The highest BCUT2D eigenvalue weighted by Crippen LogP contribution is 1.95. The largest absolute Gasteiger partial charge is 0.315 e. The van der Waals surface area contributed by atoms with Gasteiger partial charge in [-0.3, -0.25) is 0 Å². The minimum Gasteiger partial charge on any atom is -0.315 e. The van der Waals surface area contributed by atoms with Gasteiger partial charge in [0.25, 0.3) is 0 Å². The summed E-state index contributed by atoms with van der Waals surface area (Å²) in [6.45, 7) is 12.4. The van der Waals surface area contributed by atoms with Crippen molar-refractivity contribution < 1.29 is 8.42 Å². The SMILES string of the molecule is CCN(CC)CCNS(=O)(=O)CCCCNC(C)C. The van der Waals surface area contributed by atoms with Crippen LogP contribution in [0.4, 0.5) is 0 Å². The lowest BCUT2D eigenvalue weighted by Gasteiger charge is -2.18. The highest BCUT2D eigenvalue weighted by Gasteiger charge is 2.09. The molecule has 5 nitrogen and oxygen atoms in total. The molecule has 0 aliphatic rings. The van der Waals surface area contributed by atoms with E-state index in [1.807, 2.05) is 0 Å². The van der Waals surface area contributed by atoms with Crippen LogP contribution >= 0.6 is 0 Å². The van der Waals surface area contributed by atoms with Gasteiger partial charge < -0.3 is 10.2 Å². The molecule has 0 aromatic rings. The van der Waals surface area contributed by atoms with E-state index < -0.39 is 10.0 Å². The Morgan fingerprint density at radius 3 is 2.21 bits per heavy atom. The first-order valence-electron chi connectivity index (χ1n) is 7.34. The standard InChI is InChI=1S/C13H31N3O2S/c1-5-16(6-2)11-10-15-19(17,18)12-8-7-9-14-13(3)4/h13-15H,5-12H2,1-4H3. The van der Waals surface area contributed by atoms with Gasteiger partial charge in [0.1, 0.15) is 0 Å². The summed E-state index contributed by atoms with van der Waals surface area (Å²) in [6.07, 6.45) is 1.61. The molecule has 0 spiro atoms. The van der Waals surface area contributed by atoms with Crippen LogP contribution < -0.4 is 10.0 Å². The van der Waals surface area contributed by atoms with Gasteiger partial charge in [0, 0.05) is 19.1 Å². The third-order valence-electron chi connectivity index (χ3n) is 3.04. The second-order valence-electron chi connectivity index (χ2n) is 5.06. The van der Waals surface area contributed by atoms with Crippen LogP contribution in [0.5, 0.6) is 0 Å². The average Bonchev–Trinajstić information content (AvgIpc) is 2.33. The third-order valence-corrected chi connectivity index (χ3v) is 4.51. The number of rotatable bonds is 12. The molecular formula is C13H31N3O2S. The van der Waals surface area contributed by atoms with Crippen molar-refractivity contribution >= 4 is 10.0 Å². The summed E-state index contributed by atoms with van der Waals surface area (Å²) in [7, 11) is -3.10. The van der Waals surface area contributed by atoms with Crippen LogP contribution in [0.3, 0.4) is 0 Å². The molecule has 0 heterocycles. The van der Waals surface area contributed by atoms with E-state index in [1.165, 1.54) is 0 Å². The lowest BCUT2D eigenvalue weighted by Crippen LogP contribution is -2.36. The van der Waals surface area contributed by atoms with E-state index in [-0.39, 0.29) is 5.75 Å². The molecule has 0 aliphatic heterocycles. The lowest BCUT2D eigenvalue weighted by atomic mass is 10.3. The molecule has 6 heteroatoms. The maximum atomic E-state index is 11.7. The van der Waals surface area contributed by atoms with Gasteiger partial charge in [0.05, 0.1) is 5.75 Å². The predicted octanol–water partition coefficient (Wildman–Crippen LogP) is 1.03. The van der Waals surface area contributed by atoms with Crippen molar-refractivity contribution in [3.05, 3.63) is 0 Å². The van der Waals surface area contributed by atoms with Gasteiger partial charge in [-0.2, -0.15) is 0 Å².